The number of furan rings is 1. The molecule has 0 saturated carbocycles. The molecule has 0 spiro atoms. The first-order valence-corrected chi connectivity index (χ1v) is 3.91. The van der Waals surface area contributed by atoms with Crippen molar-refractivity contribution in [2.45, 2.75) is 6.92 Å². The minimum atomic E-state index is 0.616. The molecule has 2 heterocycles. The minimum Gasteiger partial charge on any atom is -0.463 e. The van der Waals surface area contributed by atoms with Gasteiger partial charge in [-0.25, -0.2) is 0 Å². The van der Waals surface area contributed by atoms with Gasteiger partial charge in [-0.05, 0) is 19.1 Å². The standard InChI is InChI=1S/C8H7ClN2O/c1-5-7(9)8(11-10-5)6-3-2-4-12-6/h2-4H,1H3,(H,10,11). The van der Waals surface area contributed by atoms with Gasteiger partial charge in [0, 0.05) is 0 Å². The first kappa shape index (κ1) is 7.43. The second-order valence-corrected chi connectivity index (χ2v) is 2.85. The molecule has 1 N–H and O–H groups in total. The first-order chi connectivity index (χ1) is 5.79. The zero-order valence-electron chi connectivity index (χ0n) is 6.47. The fourth-order valence-corrected chi connectivity index (χ4v) is 1.18. The highest BCUT2D eigenvalue weighted by molar-refractivity contribution is 6.33. The van der Waals surface area contributed by atoms with Crippen molar-refractivity contribution in [2.75, 3.05) is 0 Å². The quantitative estimate of drug-likeness (QED) is 0.737. The number of aromatic amines is 1. The van der Waals surface area contributed by atoms with Crippen LogP contribution < -0.4 is 0 Å². The summed E-state index contributed by atoms with van der Waals surface area (Å²) in [5, 5.41) is 7.37. The van der Waals surface area contributed by atoms with E-state index in [4.69, 9.17) is 16.0 Å². The predicted molar refractivity (Wildman–Crippen MR) is 46.0 cm³/mol. The Morgan fingerprint density at radius 3 is 2.92 bits per heavy atom. The summed E-state index contributed by atoms with van der Waals surface area (Å²) in [6, 6.07) is 3.64. The van der Waals surface area contributed by atoms with Crippen molar-refractivity contribution in [3.63, 3.8) is 0 Å². The summed E-state index contributed by atoms with van der Waals surface area (Å²) < 4.78 is 5.16. The fourth-order valence-electron chi connectivity index (χ4n) is 1.00. The van der Waals surface area contributed by atoms with Gasteiger partial charge in [0.1, 0.15) is 5.69 Å². The maximum absolute atomic E-state index is 5.95. The Hall–Kier alpha value is -1.22. The molecule has 2 aromatic rings. The lowest BCUT2D eigenvalue weighted by atomic mass is 10.3. The van der Waals surface area contributed by atoms with Crippen LogP contribution in [0, 0.1) is 6.92 Å². The summed E-state index contributed by atoms with van der Waals surface area (Å²) >= 11 is 5.95. The predicted octanol–water partition coefficient (Wildman–Crippen LogP) is 2.63. The maximum atomic E-state index is 5.95. The zero-order valence-corrected chi connectivity index (χ0v) is 7.22. The molecule has 2 rings (SSSR count). The van der Waals surface area contributed by atoms with E-state index in [1.165, 1.54) is 0 Å². The average molecular weight is 183 g/mol. The Labute approximate surface area is 74.3 Å². The van der Waals surface area contributed by atoms with E-state index in [-0.39, 0.29) is 0 Å². The van der Waals surface area contributed by atoms with Crippen LogP contribution in [0.5, 0.6) is 0 Å². The van der Waals surface area contributed by atoms with Crippen LogP contribution in [0.3, 0.4) is 0 Å². The molecular weight excluding hydrogens is 176 g/mol. The highest BCUT2D eigenvalue weighted by atomic mass is 35.5. The minimum absolute atomic E-state index is 0.616. The maximum Gasteiger partial charge on any atom is 0.153 e. The number of hydrogen-bond donors (Lipinski definition) is 1. The van der Waals surface area contributed by atoms with Gasteiger partial charge in [-0.3, -0.25) is 5.10 Å². The normalized spacial score (nSPS) is 10.5. The molecule has 0 aromatic carbocycles. The van der Waals surface area contributed by atoms with E-state index < -0.39 is 0 Å². The number of aromatic nitrogens is 2. The molecule has 4 heteroatoms. The molecule has 0 aliphatic rings. The molecule has 0 unspecified atom stereocenters. The number of hydrogen-bond acceptors (Lipinski definition) is 2. The molecule has 0 fully saturated rings. The van der Waals surface area contributed by atoms with Crippen molar-refractivity contribution in [1.82, 2.24) is 10.2 Å². The van der Waals surface area contributed by atoms with E-state index in [0.717, 1.165) is 11.4 Å². The van der Waals surface area contributed by atoms with Gasteiger partial charge in [0.25, 0.3) is 0 Å². The monoisotopic (exact) mass is 182 g/mol. The van der Waals surface area contributed by atoms with Crippen LogP contribution in [0.25, 0.3) is 11.5 Å². The summed E-state index contributed by atoms with van der Waals surface area (Å²) in [5.74, 6) is 0.709. The molecule has 0 amide bonds. The van der Waals surface area contributed by atoms with Crippen LogP contribution in [0.1, 0.15) is 5.69 Å². The summed E-state index contributed by atoms with van der Waals surface area (Å²) in [5.41, 5.74) is 1.52. The second-order valence-electron chi connectivity index (χ2n) is 2.48. The van der Waals surface area contributed by atoms with Crippen molar-refractivity contribution in [3.8, 4) is 11.5 Å². The van der Waals surface area contributed by atoms with Crippen molar-refractivity contribution < 1.29 is 4.42 Å². The van der Waals surface area contributed by atoms with E-state index >= 15 is 0 Å². The van der Waals surface area contributed by atoms with Crippen LogP contribution in [0.15, 0.2) is 22.8 Å². The van der Waals surface area contributed by atoms with Crippen molar-refractivity contribution in [3.05, 3.63) is 29.1 Å². The molecule has 3 nitrogen and oxygen atoms in total. The van der Waals surface area contributed by atoms with Gasteiger partial charge in [-0.1, -0.05) is 11.6 Å². The highest BCUT2D eigenvalue weighted by Gasteiger charge is 2.10. The van der Waals surface area contributed by atoms with Gasteiger partial charge in [0.05, 0.1) is 17.0 Å². The van der Waals surface area contributed by atoms with Crippen molar-refractivity contribution in [2.24, 2.45) is 0 Å². The number of aryl methyl sites for hydroxylation is 1. The Bertz CT molecular complexity index is 378. The lowest BCUT2D eigenvalue weighted by Crippen LogP contribution is -1.72. The van der Waals surface area contributed by atoms with Crippen LogP contribution in [0.2, 0.25) is 5.02 Å². The largest absolute Gasteiger partial charge is 0.463 e. The second kappa shape index (κ2) is 2.68. The molecule has 0 radical (unpaired) electrons. The number of nitrogens with zero attached hydrogens (tertiary/aromatic N) is 1. The Balaban J connectivity index is 2.55. The van der Waals surface area contributed by atoms with Crippen molar-refractivity contribution in [1.29, 1.82) is 0 Å². The van der Waals surface area contributed by atoms with E-state index in [2.05, 4.69) is 10.2 Å². The molecule has 62 valence electrons. The van der Waals surface area contributed by atoms with E-state index in [0.29, 0.717) is 10.8 Å². The molecule has 0 aliphatic carbocycles. The van der Waals surface area contributed by atoms with E-state index in [9.17, 15) is 0 Å². The van der Waals surface area contributed by atoms with Crippen LogP contribution in [0.4, 0.5) is 0 Å². The highest BCUT2D eigenvalue weighted by Crippen LogP contribution is 2.27. The first-order valence-electron chi connectivity index (χ1n) is 3.53. The summed E-state index contributed by atoms with van der Waals surface area (Å²) in [4.78, 5) is 0. The average Bonchev–Trinajstić information content (AvgIpc) is 2.64. The summed E-state index contributed by atoms with van der Waals surface area (Å²) in [6.07, 6.45) is 1.60. The molecule has 0 aliphatic heterocycles. The Morgan fingerprint density at radius 1 is 1.58 bits per heavy atom. The third-order valence-corrected chi connectivity index (χ3v) is 2.10. The van der Waals surface area contributed by atoms with Gasteiger partial charge in [0.15, 0.2) is 5.76 Å². The topological polar surface area (TPSA) is 41.8 Å². The smallest absolute Gasteiger partial charge is 0.153 e. The van der Waals surface area contributed by atoms with Gasteiger partial charge >= 0.3 is 0 Å². The van der Waals surface area contributed by atoms with Crippen LogP contribution in [-0.2, 0) is 0 Å². The number of rotatable bonds is 1. The molecular formula is C8H7ClN2O. The lowest BCUT2D eigenvalue weighted by molar-refractivity contribution is 0.580. The van der Waals surface area contributed by atoms with Crippen LogP contribution >= 0.6 is 11.6 Å². The van der Waals surface area contributed by atoms with E-state index in [1.807, 2.05) is 19.1 Å². The third-order valence-electron chi connectivity index (χ3n) is 1.64. The summed E-state index contributed by atoms with van der Waals surface area (Å²) in [6.45, 7) is 1.84. The lowest BCUT2D eigenvalue weighted by Gasteiger charge is -1.90. The van der Waals surface area contributed by atoms with Gasteiger partial charge in [-0.2, -0.15) is 5.10 Å². The summed E-state index contributed by atoms with van der Waals surface area (Å²) in [7, 11) is 0. The molecule has 0 saturated heterocycles. The van der Waals surface area contributed by atoms with E-state index in [1.54, 1.807) is 6.26 Å². The molecule has 0 atom stereocenters. The molecule has 0 bridgehead atoms. The zero-order chi connectivity index (χ0) is 8.55. The SMILES string of the molecule is Cc1n[nH]c(-c2ccco2)c1Cl. The van der Waals surface area contributed by atoms with Crippen LogP contribution in [-0.4, -0.2) is 10.2 Å². The van der Waals surface area contributed by atoms with Gasteiger partial charge < -0.3 is 4.42 Å². The number of nitrogens with one attached hydrogen (secondary N) is 1. The molecule has 12 heavy (non-hydrogen) atoms. The Morgan fingerprint density at radius 2 is 2.42 bits per heavy atom. The fraction of sp³-hybridized carbons (Fsp3) is 0.125. The number of halogens is 1. The molecule has 2 aromatic heterocycles. The van der Waals surface area contributed by atoms with Gasteiger partial charge in [-0.15, -0.1) is 0 Å². The van der Waals surface area contributed by atoms with Crippen molar-refractivity contribution >= 4 is 11.6 Å². The Kier molecular flexibility index (Phi) is 1.66. The van der Waals surface area contributed by atoms with Gasteiger partial charge in [0.2, 0.25) is 0 Å². The number of H-pyrrole nitrogens is 1. The third kappa shape index (κ3) is 1.02.